The zero-order valence-electron chi connectivity index (χ0n) is 30.5. The van der Waals surface area contributed by atoms with Crippen LogP contribution in [-0.2, 0) is 0 Å². The summed E-state index contributed by atoms with van der Waals surface area (Å²) in [5, 5.41) is 4.71. The molecular weight excluding hydrogens is 681 g/mol. The summed E-state index contributed by atoms with van der Waals surface area (Å²) in [5.74, 6) is 1.57. The first-order valence-corrected chi connectivity index (χ1v) is 19.0. The Morgan fingerprint density at radius 2 is 0.946 bits per heavy atom. The average molecular weight is 717 g/mol. The number of para-hydroxylation sites is 1. The molecule has 2 heterocycles. The van der Waals surface area contributed by atoms with Gasteiger partial charge in [0.2, 0.25) is 0 Å². The van der Waals surface area contributed by atoms with E-state index in [4.69, 9.17) is 15.0 Å². The quantitative estimate of drug-likeness (QED) is 0.179. The molecule has 1 aliphatic heterocycles. The van der Waals surface area contributed by atoms with Crippen molar-refractivity contribution in [1.29, 1.82) is 0 Å². The molecule has 1 aromatic heterocycles. The first-order chi connectivity index (χ1) is 27.7. The maximum atomic E-state index is 5.29. The van der Waals surface area contributed by atoms with Crippen LogP contribution in [0.3, 0.4) is 0 Å². The Kier molecular flexibility index (Phi) is 8.54. The van der Waals surface area contributed by atoms with E-state index in [0.29, 0.717) is 5.82 Å². The molecule has 0 radical (unpaired) electrons. The highest BCUT2D eigenvalue weighted by Crippen LogP contribution is 2.35. The van der Waals surface area contributed by atoms with Crippen LogP contribution >= 0.6 is 0 Å². The highest BCUT2D eigenvalue weighted by Gasteiger charge is 2.24. The molecule has 1 atom stereocenters. The van der Waals surface area contributed by atoms with Crippen LogP contribution in [0.25, 0.3) is 72.6 Å². The van der Waals surface area contributed by atoms with Crippen LogP contribution in [0, 0.1) is 0 Å². The SMILES string of the molecule is C1=CC2=C(c3cccc(-c4cccc(-c5nc(-c6ccc(-c7ccccc7)cc6)nc6ccccc56)c4)c3)N=C(c3ccc(-c4ccccc4)cc3)NC2C=C1. The minimum Gasteiger partial charge on any atom is -0.359 e. The number of hydrogen-bond donors (Lipinski definition) is 1. The third-order valence-electron chi connectivity index (χ3n) is 10.5. The van der Waals surface area contributed by atoms with Gasteiger partial charge in [0.25, 0.3) is 0 Å². The summed E-state index contributed by atoms with van der Waals surface area (Å²) in [5.41, 5.74) is 15.0. The molecule has 0 saturated heterocycles. The van der Waals surface area contributed by atoms with Gasteiger partial charge in [0.15, 0.2) is 5.82 Å². The third-order valence-corrected chi connectivity index (χ3v) is 10.5. The molecule has 264 valence electrons. The van der Waals surface area contributed by atoms with Gasteiger partial charge in [-0.25, -0.2) is 15.0 Å². The number of rotatable bonds is 7. The molecular formula is C52H36N4. The van der Waals surface area contributed by atoms with Gasteiger partial charge in [0.1, 0.15) is 5.84 Å². The largest absolute Gasteiger partial charge is 0.359 e. The number of nitrogens with one attached hydrogen (secondary N) is 1. The number of aromatic nitrogens is 2. The number of nitrogens with zero attached hydrogens (tertiary/aromatic N) is 3. The number of hydrogen-bond acceptors (Lipinski definition) is 4. The Morgan fingerprint density at radius 1 is 0.411 bits per heavy atom. The van der Waals surface area contributed by atoms with E-state index >= 15 is 0 Å². The van der Waals surface area contributed by atoms with Crippen molar-refractivity contribution in [2.45, 2.75) is 6.04 Å². The van der Waals surface area contributed by atoms with Crippen LogP contribution < -0.4 is 5.32 Å². The van der Waals surface area contributed by atoms with Crippen molar-refractivity contribution >= 4 is 22.4 Å². The zero-order chi connectivity index (χ0) is 37.3. The minimum atomic E-state index is 0.0260. The highest BCUT2D eigenvalue weighted by molar-refractivity contribution is 6.05. The maximum Gasteiger partial charge on any atom is 0.160 e. The van der Waals surface area contributed by atoms with Crippen LogP contribution in [0.4, 0.5) is 0 Å². The molecule has 0 fully saturated rings. The zero-order valence-corrected chi connectivity index (χ0v) is 30.5. The number of allylic oxidation sites excluding steroid dienone is 2. The summed E-state index contributed by atoms with van der Waals surface area (Å²) in [7, 11) is 0. The first-order valence-electron chi connectivity index (χ1n) is 19.0. The maximum absolute atomic E-state index is 5.29. The lowest BCUT2D eigenvalue weighted by atomic mass is 9.92. The highest BCUT2D eigenvalue weighted by atomic mass is 15.1. The van der Waals surface area contributed by atoms with Gasteiger partial charge < -0.3 is 5.32 Å². The fourth-order valence-electron chi connectivity index (χ4n) is 7.64. The predicted molar refractivity (Wildman–Crippen MR) is 232 cm³/mol. The standard InChI is InChI=1S/C52H36N4/c1-3-13-35(14-4-1)37-25-29-39(30-26-37)51-53-47-23-9-7-21-45(47)49(55-51)43-19-11-17-41(33-43)42-18-12-20-44(34-42)50-46-22-8-10-24-48(46)54-52(56-50)40-31-27-38(28-32-40)36-15-5-2-6-16-36/h1-34,47H,(H,53,55). The van der Waals surface area contributed by atoms with Crippen LogP contribution in [0.2, 0.25) is 0 Å². The fraction of sp³-hybridized carbons (Fsp3) is 0.0192. The second-order valence-electron chi connectivity index (χ2n) is 14.1. The molecule has 10 rings (SSSR count). The van der Waals surface area contributed by atoms with Crippen LogP contribution in [0.15, 0.2) is 217 Å². The Balaban J connectivity index is 1.00. The van der Waals surface area contributed by atoms with Gasteiger partial charge in [-0.3, -0.25) is 0 Å². The van der Waals surface area contributed by atoms with Gasteiger partial charge in [0, 0.05) is 33.2 Å². The van der Waals surface area contributed by atoms with E-state index in [1.165, 1.54) is 16.7 Å². The Hall–Kier alpha value is -7.43. The van der Waals surface area contributed by atoms with E-state index in [1.807, 2.05) is 18.2 Å². The van der Waals surface area contributed by atoms with Crippen LogP contribution in [0.1, 0.15) is 11.1 Å². The number of amidine groups is 1. The van der Waals surface area contributed by atoms with Gasteiger partial charge >= 0.3 is 0 Å². The Morgan fingerprint density at radius 3 is 1.64 bits per heavy atom. The van der Waals surface area contributed by atoms with Crippen molar-refractivity contribution in [3.05, 3.63) is 223 Å². The van der Waals surface area contributed by atoms with Gasteiger partial charge in [-0.2, -0.15) is 0 Å². The van der Waals surface area contributed by atoms with Gasteiger partial charge in [0.05, 0.1) is 22.9 Å². The minimum absolute atomic E-state index is 0.0260. The van der Waals surface area contributed by atoms with E-state index in [9.17, 15) is 0 Å². The smallest absolute Gasteiger partial charge is 0.160 e. The molecule has 1 aliphatic carbocycles. The normalized spacial score (nSPS) is 14.6. The summed E-state index contributed by atoms with van der Waals surface area (Å²) in [4.78, 5) is 15.5. The molecule has 0 amide bonds. The summed E-state index contributed by atoms with van der Waals surface area (Å²) in [6.07, 6.45) is 8.57. The molecule has 7 aromatic carbocycles. The van der Waals surface area contributed by atoms with E-state index in [-0.39, 0.29) is 6.04 Å². The van der Waals surface area contributed by atoms with Gasteiger partial charge in [-0.1, -0.05) is 188 Å². The van der Waals surface area contributed by atoms with Crippen molar-refractivity contribution < 1.29 is 0 Å². The average Bonchev–Trinajstić information content (AvgIpc) is 3.29. The topological polar surface area (TPSA) is 50.2 Å². The van der Waals surface area contributed by atoms with E-state index in [2.05, 4.69) is 193 Å². The molecule has 1 N–H and O–H groups in total. The number of benzene rings is 7. The number of aliphatic imine (C=N–C) groups is 1. The molecule has 4 nitrogen and oxygen atoms in total. The van der Waals surface area contributed by atoms with Gasteiger partial charge in [-0.05, 0) is 51.6 Å². The third kappa shape index (κ3) is 6.44. The Bertz CT molecular complexity index is 2850. The van der Waals surface area contributed by atoms with E-state index < -0.39 is 0 Å². The van der Waals surface area contributed by atoms with Crippen LogP contribution in [0.5, 0.6) is 0 Å². The summed E-state index contributed by atoms with van der Waals surface area (Å²) >= 11 is 0. The summed E-state index contributed by atoms with van der Waals surface area (Å²) < 4.78 is 0. The summed E-state index contributed by atoms with van der Waals surface area (Å²) in [6.45, 7) is 0. The Labute approximate surface area is 326 Å². The first kappa shape index (κ1) is 33.2. The molecule has 0 bridgehead atoms. The van der Waals surface area contributed by atoms with Crippen molar-refractivity contribution in [3.8, 4) is 56.0 Å². The molecule has 1 unspecified atom stereocenters. The van der Waals surface area contributed by atoms with E-state index in [1.54, 1.807) is 0 Å². The molecule has 2 aliphatic rings. The van der Waals surface area contributed by atoms with Gasteiger partial charge in [-0.15, -0.1) is 0 Å². The molecule has 8 aromatic rings. The van der Waals surface area contributed by atoms with Crippen molar-refractivity contribution in [2.75, 3.05) is 0 Å². The fourth-order valence-corrected chi connectivity index (χ4v) is 7.64. The lowest BCUT2D eigenvalue weighted by Crippen LogP contribution is -2.39. The van der Waals surface area contributed by atoms with Crippen LogP contribution in [-0.4, -0.2) is 21.8 Å². The lowest BCUT2D eigenvalue weighted by Gasteiger charge is -2.28. The summed E-state index contributed by atoms with van der Waals surface area (Å²) in [6, 6.07) is 63.8. The second kappa shape index (κ2) is 14.4. The molecule has 56 heavy (non-hydrogen) atoms. The monoisotopic (exact) mass is 716 g/mol. The predicted octanol–water partition coefficient (Wildman–Crippen LogP) is 12.2. The van der Waals surface area contributed by atoms with Crippen molar-refractivity contribution in [2.24, 2.45) is 4.99 Å². The second-order valence-corrected chi connectivity index (χ2v) is 14.1. The van der Waals surface area contributed by atoms with Crippen molar-refractivity contribution in [3.63, 3.8) is 0 Å². The molecule has 0 spiro atoms. The molecule has 4 heteroatoms. The molecule has 0 saturated carbocycles. The number of fused-ring (bicyclic) bond motifs is 2. The van der Waals surface area contributed by atoms with E-state index in [0.717, 1.165) is 72.6 Å². The van der Waals surface area contributed by atoms with Crippen molar-refractivity contribution in [1.82, 2.24) is 15.3 Å². The lowest BCUT2D eigenvalue weighted by molar-refractivity contribution is 0.830.